The van der Waals surface area contributed by atoms with Gasteiger partial charge in [-0.1, -0.05) is 11.6 Å². The van der Waals surface area contributed by atoms with Crippen LogP contribution in [0.15, 0.2) is 22.6 Å². The van der Waals surface area contributed by atoms with Gasteiger partial charge in [-0.3, -0.25) is 4.79 Å². The lowest BCUT2D eigenvalue weighted by Gasteiger charge is -2.28. The number of amides is 1. The number of hydrogen-bond acceptors (Lipinski definition) is 5. The van der Waals surface area contributed by atoms with Gasteiger partial charge in [0.2, 0.25) is 5.91 Å². The number of oxazole rings is 1. The zero-order valence-electron chi connectivity index (χ0n) is 14.3. The maximum absolute atomic E-state index is 12.3. The molecule has 0 spiro atoms. The van der Waals surface area contributed by atoms with Crippen LogP contribution in [-0.2, 0) is 14.6 Å². The smallest absolute Gasteiger partial charge is 0.224 e. The van der Waals surface area contributed by atoms with Gasteiger partial charge in [-0.25, -0.2) is 13.4 Å². The van der Waals surface area contributed by atoms with Crippen LogP contribution in [0.4, 0.5) is 0 Å². The number of hydrogen-bond donors (Lipinski definition) is 1. The Labute approximate surface area is 157 Å². The Morgan fingerprint density at radius 3 is 2.65 bits per heavy atom. The second-order valence-electron chi connectivity index (χ2n) is 7.32. The van der Waals surface area contributed by atoms with E-state index < -0.39 is 9.84 Å². The summed E-state index contributed by atoms with van der Waals surface area (Å²) in [5.74, 6) is 0.569. The minimum Gasteiger partial charge on any atom is -0.440 e. The van der Waals surface area contributed by atoms with E-state index in [-0.39, 0.29) is 35.3 Å². The number of nitrogens with one attached hydrogen (secondary N) is 1. The van der Waals surface area contributed by atoms with Crippen molar-refractivity contribution in [1.29, 1.82) is 0 Å². The molecule has 1 amide bonds. The van der Waals surface area contributed by atoms with Gasteiger partial charge in [0, 0.05) is 17.0 Å². The summed E-state index contributed by atoms with van der Waals surface area (Å²) in [7, 11) is -3.03. The number of halogens is 1. The van der Waals surface area contributed by atoms with Crippen molar-refractivity contribution in [3.63, 3.8) is 0 Å². The molecule has 0 bridgehead atoms. The zero-order valence-corrected chi connectivity index (χ0v) is 15.9. The standard InChI is InChI=1S/C18H21ClN2O4S/c19-13-3-6-16-15(9-13)21-18(25-16)11-1-4-14(5-2-11)20-17(22)12-7-8-26(23,24)10-12/h3,6,9,11-12,14H,1-2,4-5,7-8,10H2,(H,20,22). The highest BCUT2D eigenvalue weighted by Crippen LogP contribution is 2.34. The summed E-state index contributed by atoms with van der Waals surface area (Å²) in [5.41, 5.74) is 1.51. The van der Waals surface area contributed by atoms with Gasteiger partial charge in [0.15, 0.2) is 21.3 Å². The summed E-state index contributed by atoms with van der Waals surface area (Å²) in [5, 5.41) is 3.67. The summed E-state index contributed by atoms with van der Waals surface area (Å²) in [6.07, 6.45) is 3.89. The van der Waals surface area contributed by atoms with Crippen LogP contribution in [0.5, 0.6) is 0 Å². The maximum Gasteiger partial charge on any atom is 0.224 e. The first-order chi connectivity index (χ1) is 12.4. The molecule has 1 aliphatic carbocycles. The Kier molecular flexibility index (Phi) is 4.69. The topological polar surface area (TPSA) is 89.3 Å². The van der Waals surface area contributed by atoms with Crippen molar-refractivity contribution < 1.29 is 17.6 Å². The third-order valence-corrected chi connectivity index (χ3v) is 7.40. The molecule has 2 heterocycles. The minimum absolute atomic E-state index is 0.0142. The van der Waals surface area contributed by atoms with Crippen molar-refractivity contribution in [2.24, 2.45) is 5.92 Å². The fourth-order valence-electron chi connectivity index (χ4n) is 3.90. The van der Waals surface area contributed by atoms with Crippen LogP contribution in [-0.4, -0.2) is 36.9 Å². The van der Waals surface area contributed by atoms with Gasteiger partial charge >= 0.3 is 0 Å². The first kappa shape index (κ1) is 17.8. The molecule has 2 aromatic rings. The summed E-state index contributed by atoms with van der Waals surface area (Å²) in [6, 6.07) is 5.51. The molecule has 2 fully saturated rings. The highest BCUT2D eigenvalue weighted by Gasteiger charge is 2.34. The van der Waals surface area contributed by atoms with Crippen molar-refractivity contribution in [3.8, 4) is 0 Å². The third-order valence-electron chi connectivity index (χ3n) is 5.39. The van der Waals surface area contributed by atoms with Crippen LogP contribution in [0.3, 0.4) is 0 Å². The molecule has 4 rings (SSSR count). The van der Waals surface area contributed by atoms with Gasteiger partial charge in [0.1, 0.15) is 5.52 Å². The molecule has 26 heavy (non-hydrogen) atoms. The van der Waals surface area contributed by atoms with E-state index in [1.165, 1.54) is 0 Å². The average Bonchev–Trinajstić information content (AvgIpc) is 3.18. The van der Waals surface area contributed by atoms with Crippen molar-refractivity contribution in [2.45, 2.75) is 44.1 Å². The van der Waals surface area contributed by atoms with Gasteiger partial charge in [0.05, 0.1) is 17.4 Å². The Balaban J connectivity index is 1.34. The number of benzene rings is 1. The summed E-state index contributed by atoms with van der Waals surface area (Å²) < 4.78 is 28.9. The van der Waals surface area contributed by atoms with Crippen LogP contribution < -0.4 is 5.32 Å². The molecule has 1 N–H and O–H groups in total. The van der Waals surface area contributed by atoms with E-state index in [9.17, 15) is 13.2 Å². The third kappa shape index (κ3) is 3.74. The van der Waals surface area contributed by atoms with E-state index >= 15 is 0 Å². The van der Waals surface area contributed by atoms with Crippen molar-refractivity contribution >= 4 is 38.4 Å². The summed E-state index contributed by atoms with van der Waals surface area (Å²) in [4.78, 5) is 16.8. The number of rotatable bonds is 3. The van der Waals surface area contributed by atoms with Crippen LogP contribution in [0, 0.1) is 5.92 Å². The number of fused-ring (bicyclic) bond motifs is 1. The predicted octanol–water partition coefficient (Wildman–Crippen LogP) is 3.06. The van der Waals surface area contributed by atoms with E-state index in [1.807, 2.05) is 6.07 Å². The molecule has 1 aromatic heterocycles. The van der Waals surface area contributed by atoms with Crippen molar-refractivity contribution in [3.05, 3.63) is 29.1 Å². The first-order valence-electron chi connectivity index (χ1n) is 8.96. The van der Waals surface area contributed by atoms with Crippen molar-refractivity contribution in [2.75, 3.05) is 11.5 Å². The second kappa shape index (κ2) is 6.85. The zero-order chi connectivity index (χ0) is 18.3. The lowest BCUT2D eigenvalue weighted by molar-refractivity contribution is -0.125. The van der Waals surface area contributed by atoms with E-state index in [1.54, 1.807) is 12.1 Å². The predicted molar refractivity (Wildman–Crippen MR) is 98.9 cm³/mol. The lowest BCUT2D eigenvalue weighted by Crippen LogP contribution is -2.41. The molecule has 1 aliphatic heterocycles. The van der Waals surface area contributed by atoms with E-state index in [2.05, 4.69) is 10.3 Å². The SMILES string of the molecule is O=C(NC1CCC(c2nc3cc(Cl)ccc3o2)CC1)C1CCS(=O)(=O)C1. The molecule has 1 saturated heterocycles. The second-order valence-corrected chi connectivity index (χ2v) is 9.99. The fourth-order valence-corrected chi connectivity index (χ4v) is 5.81. The molecule has 1 unspecified atom stereocenters. The Bertz CT molecular complexity index is 932. The van der Waals surface area contributed by atoms with Gasteiger partial charge in [-0.15, -0.1) is 0 Å². The highest BCUT2D eigenvalue weighted by molar-refractivity contribution is 7.91. The van der Waals surface area contributed by atoms with Gasteiger partial charge < -0.3 is 9.73 Å². The van der Waals surface area contributed by atoms with Gasteiger partial charge in [-0.05, 0) is 50.3 Å². The van der Waals surface area contributed by atoms with Crippen LogP contribution in [0.1, 0.15) is 43.9 Å². The first-order valence-corrected chi connectivity index (χ1v) is 11.2. The number of aromatic nitrogens is 1. The Morgan fingerprint density at radius 1 is 1.19 bits per heavy atom. The Hall–Kier alpha value is -1.60. The van der Waals surface area contributed by atoms with Crippen LogP contribution >= 0.6 is 11.6 Å². The molecule has 1 aromatic carbocycles. The van der Waals surface area contributed by atoms with E-state index in [4.69, 9.17) is 16.0 Å². The number of sulfone groups is 1. The van der Waals surface area contributed by atoms with E-state index in [0.29, 0.717) is 11.4 Å². The molecule has 140 valence electrons. The number of carbonyl (C=O) groups excluding carboxylic acids is 1. The normalized spacial score (nSPS) is 28.3. The van der Waals surface area contributed by atoms with Gasteiger partial charge in [-0.2, -0.15) is 0 Å². The minimum atomic E-state index is -3.03. The van der Waals surface area contributed by atoms with Crippen LogP contribution in [0.25, 0.3) is 11.1 Å². The highest BCUT2D eigenvalue weighted by atomic mass is 35.5. The molecular weight excluding hydrogens is 376 g/mol. The molecule has 8 heteroatoms. The summed E-state index contributed by atoms with van der Waals surface area (Å²) >= 11 is 5.99. The lowest BCUT2D eigenvalue weighted by atomic mass is 9.85. The number of carbonyl (C=O) groups is 1. The molecule has 2 aliphatic rings. The average molecular weight is 397 g/mol. The quantitative estimate of drug-likeness (QED) is 0.861. The fraction of sp³-hybridized carbons (Fsp3) is 0.556. The monoisotopic (exact) mass is 396 g/mol. The molecule has 1 saturated carbocycles. The largest absolute Gasteiger partial charge is 0.440 e. The van der Waals surface area contributed by atoms with Crippen LogP contribution in [0.2, 0.25) is 5.02 Å². The molecular formula is C18H21ClN2O4S. The van der Waals surface area contributed by atoms with Crippen molar-refractivity contribution in [1.82, 2.24) is 10.3 Å². The van der Waals surface area contributed by atoms with Gasteiger partial charge in [0.25, 0.3) is 0 Å². The molecule has 0 radical (unpaired) electrons. The number of nitrogens with zero attached hydrogens (tertiary/aromatic N) is 1. The molecule has 1 atom stereocenters. The molecule has 6 nitrogen and oxygen atoms in total. The van der Waals surface area contributed by atoms with E-state index in [0.717, 1.165) is 42.7 Å². The maximum atomic E-state index is 12.3. The summed E-state index contributed by atoms with van der Waals surface area (Å²) in [6.45, 7) is 0. The Morgan fingerprint density at radius 2 is 1.96 bits per heavy atom.